The first-order valence-electron chi connectivity index (χ1n) is 15.0. The molecule has 38 heavy (non-hydrogen) atoms. The maximum Gasteiger partial charge on any atom is 0.305 e. The monoisotopic (exact) mass is 545 g/mol. The fourth-order valence-corrected chi connectivity index (χ4v) is 10.8. The molecule has 0 aromatic heterocycles. The number of ether oxygens (including phenoxy) is 1. The molecule has 0 N–H and O–H groups in total. The quantitative estimate of drug-likeness (QED) is 0.322. The van der Waals surface area contributed by atoms with Crippen LogP contribution in [0.15, 0.2) is 23.0 Å². The molecule has 4 aliphatic carbocycles. The lowest BCUT2D eigenvalue weighted by Gasteiger charge is -2.51. The van der Waals surface area contributed by atoms with Crippen molar-refractivity contribution in [2.24, 2.45) is 40.9 Å². The van der Waals surface area contributed by atoms with E-state index in [1.54, 1.807) is 18.1 Å². The molecule has 212 valence electrons. The number of amides is 1. The Bertz CT molecular complexity index is 1170. The molecule has 0 unspecified atom stereocenters. The number of carbonyl (C=O) groups is 1. The summed E-state index contributed by atoms with van der Waals surface area (Å²) in [5.41, 5.74) is 3.29. The summed E-state index contributed by atoms with van der Waals surface area (Å²) in [7, 11) is -3.47. The minimum Gasteiger partial charge on any atom is -0.387 e. The summed E-state index contributed by atoms with van der Waals surface area (Å²) in [5.74, 6) is 4.15. The fraction of sp³-hybridized carbons (Fsp3) is 0.839. The van der Waals surface area contributed by atoms with Crippen molar-refractivity contribution in [3.8, 4) is 0 Å². The molecule has 6 rings (SSSR count). The minimum absolute atomic E-state index is 0.156. The summed E-state index contributed by atoms with van der Waals surface area (Å²) < 4.78 is 35.9. The lowest BCUT2D eigenvalue weighted by atomic mass is 9.53. The van der Waals surface area contributed by atoms with Crippen LogP contribution in [0.3, 0.4) is 0 Å². The van der Waals surface area contributed by atoms with Crippen LogP contribution in [-0.4, -0.2) is 49.8 Å². The first-order valence-corrected chi connectivity index (χ1v) is 16.8. The lowest BCUT2D eigenvalue weighted by molar-refractivity contribution is -0.137. The Balaban J connectivity index is 1.25. The normalized spacial score (nSPS) is 46.6. The Hall–Kier alpha value is -1.34. The van der Waals surface area contributed by atoms with Crippen molar-refractivity contribution in [1.82, 2.24) is 4.90 Å². The third-order valence-electron chi connectivity index (χ3n) is 12.0. The van der Waals surface area contributed by atoms with Gasteiger partial charge in [0.05, 0.1) is 24.0 Å². The second-order valence-corrected chi connectivity index (χ2v) is 15.8. The first-order chi connectivity index (χ1) is 17.8. The van der Waals surface area contributed by atoms with E-state index in [0.717, 1.165) is 51.3 Å². The molecule has 2 aliphatic heterocycles. The largest absolute Gasteiger partial charge is 0.387 e. The molecule has 6 aliphatic rings. The molecule has 10 atom stereocenters. The van der Waals surface area contributed by atoms with Crippen molar-refractivity contribution in [1.29, 1.82) is 0 Å². The zero-order valence-electron chi connectivity index (χ0n) is 24.2. The van der Waals surface area contributed by atoms with Gasteiger partial charge in [-0.1, -0.05) is 31.9 Å². The SMILES string of the molecule is CC(=O)N1C[C@@H](C)C[C@H]2O[C@]3(CC[C@@H]4C(=C(C)C3)C[C@H]3[C@H]4CC[C@@H]4CC(OS(C)(=O)=O)=CC[C@@]43C)[C@H](C)[C@@H]21. The Kier molecular flexibility index (Phi) is 6.42. The van der Waals surface area contributed by atoms with Gasteiger partial charge in [-0.15, -0.1) is 0 Å². The molecule has 4 fully saturated rings. The van der Waals surface area contributed by atoms with E-state index < -0.39 is 10.1 Å². The van der Waals surface area contributed by atoms with Gasteiger partial charge in [-0.2, -0.15) is 8.42 Å². The maximum absolute atomic E-state index is 12.6. The summed E-state index contributed by atoms with van der Waals surface area (Å²) in [6.07, 6.45) is 12.9. The van der Waals surface area contributed by atoms with Crippen LogP contribution in [0.4, 0.5) is 0 Å². The molecule has 0 aromatic carbocycles. The number of allylic oxidation sites excluding steroid dienone is 3. The third-order valence-corrected chi connectivity index (χ3v) is 12.5. The van der Waals surface area contributed by atoms with Crippen molar-refractivity contribution in [3.05, 3.63) is 23.0 Å². The zero-order valence-corrected chi connectivity index (χ0v) is 25.0. The van der Waals surface area contributed by atoms with E-state index in [0.29, 0.717) is 41.3 Å². The highest BCUT2D eigenvalue weighted by Gasteiger charge is 2.60. The number of hydrogen-bond donors (Lipinski definition) is 0. The highest BCUT2D eigenvalue weighted by Crippen LogP contribution is 2.65. The smallest absolute Gasteiger partial charge is 0.305 e. The average Bonchev–Trinajstić information content (AvgIpc) is 3.28. The second-order valence-electron chi connectivity index (χ2n) is 14.3. The van der Waals surface area contributed by atoms with Crippen molar-refractivity contribution in [3.63, 3.8) is 0 Å². The molecule has 0 aromatic rings. The van der Waals surface area contributed by atoms with E-state index >= 15 is 0 Å². The van der Waals surface area contributed by atoms with Crippen LogP contribution in [-0.2, 0) is 23.8 Å². The highest BCUT2D eigenvalue weighted by molar-refractivity contribution is 7.86. The van der Waals surface area contributed by atoms with Gasteiger partial charge in [0.1, 0.15) is 5.76 Å². The first kappa shape index (κ1) is 26.9. The molecule has 1 amide bonds. The molecule has 2 saturated heterocycles. The number of hydrogen-bond acceptors (Lipinski definition) is 5. The molecule has 7 heteroatoms. The van der Waals surface area contributed by atoms with Gasteiger partial charge in [-0.25, -0.2) is 0 Å². The predicted molar refractivity (Wildman–Crippen MR) is 147 cm³/mol. The summed E-state index contributed by atoms with van der Waals surface area (Å²) in [4.78, 5) is 14.7. The number of likely N-dealkylation sites (tertiary alicyclic amines) is 1. The standard InChI is InChI=1S/C31H47NO5S/c1-18-13-28-29(32(17-18)21(4)33)20(3)31(36-28)12-10-24-25-8-7-22-14-23(37-38(6,34)35)9-11-30(22,5)27(25)15-26(24)19(2)16-31/h9,18,20,22,24-25,27-29H,7-8,10-17H2,1-6H3/t18-,20+,22+,24-,25-,27-,28+,29-,30-,31-/m0/s1. The van der Waals surface area contributed by atoms with E-state index in [9.17, 15) is 13.2 Å². The molecule has 1 spiro atoms. The van der Waals surface area contributed by atoms with E-state index in [-0.39, 0.29) is 29.1 Å². The van der Waals surface area contributed by atoms with E-state index in [2.05, 4.69) is 38.7 Å². The second kappa shape index (κ2) is 9.09. The predicted octanol–water partition coefficient (Wildman–Crippen LogP) is 5.84. The molecular weight excluding hydrogens is 498 g/mol. The molecule has 0 bridgehead atoms. The summed E-state index contributed by atoms with van der Waals surface area (Å²) in [6.45, 7) is 12.0. The average molecular weight is 546 g/mol. The maximum atomic E-state index is 12.6. The van der Waals surface area contributed by atoms with Gasteiger partial charge in [0, 0.05) is 25.8 Å². The van der Waals surface area contributed by atoms with Crippen molar-refractivity contribution in [2.45, 2.75) is 110 Å². The van der Waals surface area contributed by atoms with Gasteiger partial charge < -0.3 is 13.8 Å². The van der Waals surface area contributed by atoms with Crippen molar-refractivity contribution < 1.29 is 22.1 Å². The van der Waals surface area contributed by atoms with Crippen molar-refractivity contribution in [2.75, 3.05) is 12.8 Å². The number of rotatable bonds is 2. The van der Waals surface area contributed by atoms with Crippen LogP contribution in [0.1, 0.15) is 92.4 Å². The van der Waals surface area contributed by atoms with Gasteiger partial charge in [0.25, 0.3) is 0 Å². The third kappa shape index (κ3) is 4.20. The molecule has 2 saturated carbocycles. The Labute approximate surface area is 229 Å². The van der Waals surface area contributed by atoms with Gasteiger partial charge in [0.15, 0.2) is 0 Å². The zero-order chi connectivity index (χ0) is 27.2. The van der Waals surface area contributed by atoms with Gasteiger partial charge in [-0.3, -0.25) is 4.79 Å². The number of fused-ring (bicyclic) bond motifs is 6. The van der Waals surface area contributed by atoms with Crippen LogP contribution in [0.2, 0.25) is 0 Å². The van der Waals surface area contributed by atoms with Crippen LogP contribution < -0.4 is 0 Å². The minimum atomic E-state index is -3.47. The molecule has 6 nitrogen and oxygen atoms in total. The topological polar surface area (TPSA) is 72.9 Å². The van der Waals surface area contributed by atoms with Crippen LogP contribution >= 0.6 is 0 Å². The van der Waals surface area contributed by atoms with Crippen LogP contribution in [0.5, 0.6) is 0 Å². The van der Waals surface area contributed by atoms with E-state index in [1.165, 1.54) is 19.3 Å². The van der Waals surface area contributed by atoms with Gasteiger partial charge in [0.2, 0.25) is 5.91 Å². The Morgan fingerprint density at radius 1 is 1.18 bits per heavy atom. The van der Waals surface area contributed by atoms with Gasteiger partial charge in [-0.05, 0) is 99.4 Å². The van der Waals surface area contributed by atoms with Crippen LogP contribution in [0, 0.1) is 40.9 Å². The van der Waals surface area contributed by atoms with E-state index in [4.69, 9.17) is 8.92 Å². The number of piperidine rings is 1. The summed E-state index contributed by atoms with van der Waals surface area (Å²) >= 11 is 0. The number of nitrogens with zero attached hydrogens (tertiary/aromatic N) is 1. The Morgan fingerprint density at radius 2 is 1.95 bits per heavy atom. The summed E-state index contributed by atoms with van der Waals surface area (Å²) in [6, 6.07) is 0.207. The molecule has 0 radical (unpaired) electrons. The summed E-state index contributed by atoms with van der Waals surface area (Å²) in [5, 5.41) is 0. The van der Waals surface area contributed by atoms with Crippen LogP contribution in [0.25, 0.3) is 0 Å². The highest BCUT2D eigenvalue weighted by atomic mass is 32.2. The van der Waals surface area contributed by atoms with E-state index in [1.807, 2.05) is 0 Å². The van der Waals surface area contributed by atoms with Gasteiger partial charge >= 0.3 is 10.1 Å². The lowest BCUT2D eigenvalue weighted by Crippen LogP contribution is -2.53. The molecular formula is C31H47NO5S. The van der Waals surface area contributed by atoms with Crippen molar-refractivity contribution >= 4 is 16.0 Å². The fourth-order valence-electron chi connectivity index (χ4n) is 10.3. The molecule has 2 heterocycles. The Morgan fingerprint density at radius 3 is 2.66 bits per heavy atom. The number of carbonyl (C=O) groups excluding carboxylic acids is 1.